The van der Waals surface area contributed by atoms with Gasteiger partial charge in [0, 0.05) is 25.6 Å². The van der Waals surface area contributed by atoms with Gasteiger partial charge in [-0.3, -0.25) is 4.79 Å². The van der Waals surface area contributed by atoms with E-state index in [9.17, 15) is 4.79 Å². The Balaban J connectivity index is 0.000000223. The Morgan fingerprint density at radius 3 is 2.08 bits per heavy atom. The maximum atomic E-state index is 9.60. The summed E-state index contributed by atoms with van der Waals surface area (Å²) in [6, 6.07) is 0. The molecule has 4 nitrogen and oxygen atoms in total. The lowest BCUT2D eigenvalue weighted by atomic mass is 10.1. The number of hydrogen-bond acceptors (Lipinski definition) is 4. The number of carbonyl (C=O) groups excluding carboxylic acids is 1. The van der Waals surface area contributed by atoms with Crippen molar-refractivity contribution in [3.8, 4) is 0 Å². The van der Waals surface area contributed by atoms with Gasteiger partial charge in [0.05, 0.1) is 0 Å². The fraction of sp³-hybridized carbons (Fsp3) is 0.889. The third kappa shape index (κ3) is 7.74. The summed E-state index contributed by atoms with van der Waals surface area (Å²) >= 11 is 0. The second-order valence-electron chi connectivity index (χ2n) is 4.03. The Bertz CT molecular complexity index is 136. The first-order valence-corrected chi connectivity index (χ1v) is 4.42. The summed E-state index contributed by atoms with van der Waals surface area (Å²) in [5.41, 5.74) is -0.318. The van der Waals surface area contributed by atoms with Crippen LogP contribution in [0.1, 0.15) is 20.8 Å². The third-order valence-corrected chi connectivity index (χ3v) is 1.53. The number of nitrogens with one attached hydrogen (secondary N) is 1. The van der Waals surface area contributed by atoms with Crippen molar-refractivity contribution >= 4 is 6.47 Å². The molecule has 1 saturated heterocycles. The lowest BCUT2D eigenvalue weighted by Crippen LogP contribution is -2.43. The van der Waals surface area contributed by atoms with Gasteiger partial charge in [-0.05, 0) is 20.8 Å². The van der Waals surface area contributed by atoms with E-state index in [1.165, 1.54) is 0 Å². The molecule has 0 spiro atoms. The van der Waals surface area contributed by atoms with Crippen molar-refractivity contribution in [3.05, 3.63) is 0 Å². The van der Waals surface area contributed by atoms with E-state index in [-0.39, 0.29) is 5.60 Å². The number of carbonyl (C=O) groups is 1. The van der Waals surface area contributed by atoms with Crippen molar-refractivity contribution in [2.75, 3.05) is 19.7 Å². The molecule has 2 N–H and O–H groups in total. The summed E-state index contributed by atoms with van der Waals surface area (Å²) in [5.74, 6) is 0.560. The first kappa shape index (κ1) is 12.4. The topological polar surface area (TPSA) is 58.6 Å². The standard InChI is InChI=1S/C5H10O2.C4H9NO/c1-5(2,3)7-4-6;6-3-4-1-5-2-4/h4H,1-3H3;4-6H,1-3H2. The molecule has 4 heteroatoms. The van der Waals surface area contributed by atoms with E-state index in [1.54, 1.807) is 0 Å². The van der Waals surface area contributed by atoms with Crippen LogP contribution >= 0.6 is 0 Å². The smallest absolute Gasteiger partial charge is 0.293 e. The van der Waals surface area contributed by atoms with Gasteiger partial charge in [-0.1, -0.05) is 0 Å². The number of ether oxygens (including phenoxy) is 1. The van der Waals surface area contributed by atoms with Crippen LogP contribution in [0.4, 0.5) is 0 Å². The molecule has 0 saturated carbocycles. The number of aliphatic hydroxyl groups is 1. The van der Waals surface area contributed by atoms with E-state index >= 15 is 0 Å². The maximum absolute atomic E-state index is 9.60. The Labute approximate surface area is 79.3 Å². The van der Waals surface area contributed by atoms with E-state index in [2.05, 4.69) is 10.1 Å². The fourth-order valence-corrected chi connectivity index (χ4v) is 0.622. The minimum absolute atomic E-state index is 0.318. The molecule has 1 aliphatic heterocycles. The number of rotatable bonds is 2. The molecule has 0 aromatic carbocycles. The molecule has 0 aromatic rings. The second-order valence-corrected chi connectivity index (χ2v) is 4.03. The summed E-state index contributed by atoms with van der Waals surface area (Å²) in [4.78, 5) is 9.60. The maximum Gasteiger partial charge on any atom is 0.293 e. The molecule has 13 heavy (non-hydrogen) atoms. The van der Waals surface area contributed by atoms with E-state index in [1.807, 2.05) is 20.8 Å². The fourth-order valence-electron chi connectivity index (χ4n) is 0.622. The van der Waals surface area contributed by atoms with Gasteiger partial charge in [0.25, 0.3) is 6.47 Å². The van der Waals surface area contributed by atoms with Gasteiger partial charge in [0.15, 0.2) is 0 Å². The molecule has 1 aliphatic rings. The summed E-state index contributed by atoms with van der Waals surface area (Å²) < 4.78 is 4.55. The minimum Gasteiger partial charge on any atom is -0.462 e. The summed E-state index contributed by atoms with van der Waals surface area (Å²) in [5, 5.41) is 11.4. The average Bonchev–Trinajstić information content (AvgIpc) is 1.82. The Morgan fingerprint density at radius 1 is 1.54 bits per heavy atom. The van der Waals surface area contributed by atoms with Crippen molar-refractivity contribution < 1.29 is 14.6 Å². The predicted octanol–water partition coefficient (Wildman–Crippen LogP) is 0.156. The molecule has 0 unspecified atom stereocenters. The monoisotopic (exact) mass is 189 g/mol. The van der Waals surface area contributed by atoms with Crippen LogP contribution in [0.25, 0.3) is 0 Å². The molecule has 0 bridgehead atoms. The molecule has 0 aromatic heterocycles. The summed E-state index contributed by atoms with van der Waals surface area (Å²) in [7, 11) is 0. The van der Waals surface area contributed by atoms with E-state index in [0.717, 1.165) is 13.1 Å². The molecule has 0 amide bonds. The van der Waals surface area contributed by atoms with Crippen molar-refractivity contribution in [1.29, 1.82) is 0 Å². The SMILES string of the molecule is CC(C)(C)OC=O.OCC1CNC1. The number of hydrogen-bond donors (Lipinski definition) is 2. The normalized spacial score (nSPS) is 16.6. The van der Waals surface area contributed by atoms with Crippen molar-refractivity contribution in [3.63, 3.8) is 0 Å². The highest BCUT2D eigenvalue weighted by Crippen LogP contribution is 2.02. The van der Waals surface area contributed by atoms with Gasteiger partial charge in [-0.15, -0.1) is 0 Å². The van der Waals surface area contributed by atoms with Crippen molar-refractivity contribution in [2.24, 2.45) is 5.92 Å². The lowest BCUT2D eigenvalue weighted by Gasteiger charge is -2.24. The molecule has 0 atom stereocenters. The minimum atomic E-state index is -0.318. The van der Waals surface area contributed by atoms with Crippen molar-refractivity contribution in [1.82, 2.24) is 5.32 Å². The highest BCUT2D eigenvalue weighted by Gasteiger charge is 2.13. The van der Waals surface area contributed by atoms with Gasteiger partial charge in [-0.2, -0.15) is 0 Å². The zero-order valence-corrected chi connectivity index (χ0v) is 8.54. The Hall–Kier alpha value is -0.610. The van der Waals surface area contributed by atoms with Crippen molar-refractivity contribution in [2.45, 2.75) is 26.4 Å². The van der Waals surface area contributed by atoms with Gasteiger partial charge >= 0.3 is 0 Å². The quantitative estimate of drug-likeness (QED) is 0.607. The third-order valence-electron chi connectivity index (χ3n) is 1.53. The van der Waals surface area contributed by atoms with E-state index in [4.69, 9.17) is 5.11 Å². The van der Waals surface area contributed by atoms with Crippen LogP contribution in [0.2, 0.25) is 0 Å². The van der Waals surface area contributed by atoms with Gasteiger partial charge in [-0.25, -0.2) is 0 Å². The molecule has 1 rings (SSSR count). The van der Waals surface area contributed by atoms with Crippen LogP contribution in [0.3, 0.4) is 0 Å². The molecule has 1 fully saturated rings. The summed E-state index contributed by atoms with van der Waals surface area (Å²) in [6.07, 6.45) is 0. The van der Waals surface area contributed by atoms with Crippen LogP contribution in [0.5, 0.6) is 0 Å². The van der Waals surface area contributed by atoms with Gasteiger partial charge < -0.3 is 15.2 Å². The predicted molar refractivity (Wildman–Crippen MR) is 50.3 cm³/mol. The van der Waals surface area contributed by atoms with Crippen LogP contribution < -0.4 is 5.32 Å². The molecule has 1 heterocycles. The molecular formula is C9H19NO3. The highest BCUT2D eigenvalue weighted by atomic mass is 16.5. The van der Waals surface area contributed by atoms with E-state index in [0.29, 0.717) is 19.0 Å². The first-order chi connectivity index (χ1) is 5.99. The zero-order valence-electron chi connectivity index (χ0n) is 8.54. The summed E-state index contributed by atoms with van der Waals surface area (Å²) in [6.45, 7) is 8.30. The zero-order chi connectivity index (χ0) is 10.3. The molecular weight excluding hydrogens is 170 g/mol. The van der Waals surface area contributed by atoms with Gasteiger partial charge in [0.2, 0.25) is 0 Å². The van der Waals surface area contributed by atoms with Crippen LogP contribution in [0, 0.1) is 5.92 Å². The van der Waals surface area contributed by atoms with Gasteiger partial charge in [0.1, 0.15) is 5.60 Å². The molecule has 0 aliphatic carbocycles. The second kappa shape index (κ2) is 5.94. The molecule has 0 radical (unpaired) electrons. The lowest BCUT2D eigenvalue weighted by molar-refractivity contribution is -0.138. The van der Waals surface area contributed by atoms with Crippen LogP contribution in [0.15, 0.2) is 0 Å². The van der Waals surface area contributed by atoms with Crippen LogP contribution in [-0.2, 0) is 9.53 Å². The first-order valence-electron chi connectivity index (χ1n) is 4.42. The van der Waals surface area contributed by atoms with E-state index < -0.39 is 0 Å². The molecule has 78 valence electrons. The average molecular weight is 189 g/mol. The number of aliphatic hydroxyl groups excluding tert-OH is 1. The largest absolute Gasteiger partial charge is 0.462 e. The Morgan fingerprint density at radius 2 is 2.08 bits per heavy atom. The highest BCUT2D eigenvalue weighted by molar-refractivity contribution is 5.37. The Kier molecular flexibility index (Phi) is 5.66. The van der Waals surface area contributed by atoms with Crippen LogP contribution in [-0.4, -0.2) is 36.9 Å².